The van der Waals surface area contributed by atoms with E-state index in [4.69, 9.17) is 4.74 Å². The fraction of sp³-hybridized carbons (Fsp3) is 0.132. The lowest BCUT2D eigenvalue weighted by atomic mass is 10.0. The van der Waals surface area contributed by atoms with Crippen molar-refractivity contribution >= 4 is 29.2 Å². The first-order chi connectivity index (χ1) is 21.6. The van der Waals surface area contributed by atoms with Crippen LogP contribution in [0.5, 0.6) is 11.5 Å². The summed E-state index contributed by atoms with van der Waals surface area (Å²) in [5.74, 6) is -0.158. The number of benzene rings is 5. The molecule has 0 bridgehead atoms. The van der Waals surface area contributed by atoms with E-state index in [1.54, 1.807) is 67.6 Å². The first kappa shape index (κ1) is 30.8. The molecule has 7 heteroatoms. The van der Waals surface area contributed by atoms with Crippen molar-refractivity contribution in [1.82, 2.24) is 0 Å². The summed E-state index contributed by atoms with van der Waals surface area (Å²) in [6, 6.07) is 31.6. The van der Waals surface area contributed by atoms with Crippen LogP contribution in [0, 0.1) is 13.8 Å². The number of nitrogens with one attached hydrogen (secondary N) is 2. The van der Waals surface area contributed by atoms with E-state index in [2.05, 4.69) is 24.5 Å². The van der Waals surface area contributed by atoms with Crippen LogP contribution >= 0.6 is 0 Å². The predicted octanol–water partition coefficient (Wildman–Crippen LogP) is 8.52. The van der Waals surface area contributed by atoms with Crippen LogP contribution in [-0.4, -0.2) is 22.9 Å². The molecule has 226 valence electrons. The van der Waals surface area contributed by atoms with Gasteiger partial charge in [0.1, 0.15) is 11.5 Å². The Morgan fingerprint density at radius 3 is 1.98 bits per heavy atom. The number of aryl methyl sites for hydroxylation is 2. The normalized spacial score (nSPS) is 10.8. The molecule has 5 aromatic rings. The number of rotatable bonds is 8. The van der Waals surface area contributed by atoms with Crippen molar-refractivity contribution in [3.63, 3.8) is 0 Å². The van der Waals surface area contributed by atoms with Gasteiger partial charge in [-0.05, 0) is 114 Å². The second-order valence-corrected chi connectivity index (χ2v) is 11.2. The summed E-state index contributed by atoms with van der Waals surface area (Å²) in [6.07, 6.45) is 0. The van der Waals surface area contributed by atoms with E-state index in [-0.39, 0.29) is 17.6 Å². The lowest BCUT2D eigenvalue weighted by molar-refractivity contribution is 0.0733. The van der Waals surface area contributed by atoms with Gasteiger partial charge in [-0.2, -0.15) is 0 Å². The number of phenolic OH excluding ortho intramolecular Hbond substituents is 1. The summed E-state index contributed by atoms with van der Waals surface area (Å²) in [7, 11) is 0. The highest BCUT2D eigenvalue weighted by Gasteiger charge is 2.16. The van der Waals surface area contributed by atoms with Gasteiger partial charge in [-0.3, -0.25) is 9.59 Å². The number of anilines is 2. The van der Waals surface area contributed by atoms with E-state index in [0.717, 1.165) is 22.3 Å². The van der Waals surface area contributed by atoms with Gasteiger partial charge in [0.25, 0.3) is 11.8 Å². The molecule has 0 saturated heterocycles. The maximum Gasteiger partial charge on any atom is 0.343 e. The quantitative estimate of drug-likeness (QED) is 0.123. The fourth-order valence-electron chi connectivity index (χ4n) is 4.83. The molecule has 2 amide bonds. The Kier molecular flexibility index (Phi) is 9.09. The fourth-order valence-corrected chi connectivity index (χ4v) is 4.83. The van der Waals surface area contributed by atoms with E-state index in [9.17, 15) is 19.5 Å². The molecule has 5 rings (SSSR count). The van der Waals surface area contributed by atoms with Gasteiger partial charge in [-0.15, -0.1) is 0 Å². The van der Waals surface area contributed by atoms with Crippen LogP contribution in [-0.2, 0) is 0 Å². The van der Waals surface area contributed by atoms with Crippen molar-refractivity contribution < 1.29 is 24.2 Å². The summed E-state index contributed by atoms with van der Waals surface area (Å²) < 4.78 is 5.60. The van der Waals surface area contributed by atoms with Crippen LogP contribution in [0.2, 0.25) is 0 Å². The highest BCUT2D eigenvalue weighted by Crippen LogP contribution is 2.26. The third kappa shape index (κ3) is 7.46. The van der Waals surface area contributed by atoms with Crippen molar-refractivity contribution in [3.05, 3.63) is 143 Å². The monoisotopic (exact) mass is 598 g/mol. The van der Waals surface area contributed by atoms with Gasteiger partial charge in [0.2, 0.25) is 0 Å². The molecular weight excluding hydrogens is 564 g/mol. The number of esters is 1. The summed E-state index contributed by atoms with van der Waals surface area (Å²) >= 11 is 0. The average Bonchev–Trinajstić information content (AvgIpc) is 3.03. The lowest BCUT2D eigenvalue weighted by Gasteiger charge is -2.13. The standard InChI is InChI=1S/C38H34N2O5/c1-23(2)29-6-5-7-33(21-29)45-38(44)34-19-15-30(20-25(34)4)37(43)39-31-16-8-24(3)35(22-31)40-36(42)28-11-9-26(10-12-28)27-13-17-32(41)18-14-27/h5-23,41H,1-4H3,(H,39,43)(H,40,42). The van der Waals surface area contributed by atoms with Crippen molar-refractivity contribution in [2.75, 3.05) is 10.6 Å². The molecule has 0 radical (unpaired) electrons. The minimum absolute atomic E-state index is 0.192. The Balaban J connectivity index is 1.24. The molecular formula is C38H34N2O5. The van der Waals surface area contributed by atoms with Gasteiger partial charge < -0.3 is 20.5 Å². The number of carbonyl (C=O) groups is 3. The number of phenols is 1. The molecule has 0 aliphatic rings. The minimum atomic E-state index is -0.491. The number of carbonyl (C=O) groups excluding carboxylic acids is 3. The van der Waals surface area contributed by atoms with Crippen LogP contribution in [0.15, 0.2) is 109 Å². The van der Waals surface area contributed by atoms with Crippen molar-refractivity contribution in [2.45, 2.75) is 33.6 Å². The van der Waals surface area contributed by atoms with Crippen LogP contribution in [0.3, 0.4) is 0 Å². The summed E-state index contributed by atoms with van der Waals surface area (Å²) in [5, 5.41) is 15.3. The summed E-state index contributed by atoms with van der Waals surface area (Å²) in [6.45, 7) is 7.77. The Morgan fingerprint density at radius 1 is 0.667 bits per heavy atom. The minimum Gasteiger partial charge on any atom is -0.508 e. The zero-order valence-electron chi connectivity index (χ0n) is 25.5. The second-order valence-electron chi connectivity index (χ2n) is 11.2. The molecule has 0 atom stereocenters. The van der Waals surface area contributed by atoms with Crippen LogP contribution in [0.25, 0.3) is 11.1 Å². The lowest BCUT2D eigenvalue weighted by Crippen LogP contribution is -2.16. The number of amides is 2. The highest BCUT2D eigenvalue weighted by atomic mass is 16.5. The largest absolute Gasteiger partial charge is 0.508 e. The van der Waals surface area contributed by atoms with Crippen LogP contribution < -0.4 is 15.4 Å². The van der Waals surface area contributed by atoms with E-state index < -0.39 is 5.97 Å². The molecule has 0 aliphatic carbocycles. The van der Waals surface area contributed by atoms with Gasteiger partial charge >= 0.3 is 5.97 Å². The number of hydrogen-bond donors (Lipinski definition) is 3. The maximum absolute atomic E-state index is 13.1. The Hall–Kier alpha value is -5.69. The first-order valence-corrected chi connectivity index (χ1v) is 14.6. The van der Waals surface area contributed by atoms with E-state index in [1.807, 2.05) is 55.5 Å². The van der Waals surface area contributed by atoms with E-state index in [1.165, 1.54) is 0 Å². The Morgan fingerprint density at radius 2 is 1.31 bits per heavy atom. The number of hydrogen-bond acceptors (Lipinski definition) is 5. The van der Waals surface area contributed by atoms with E-state index >= 15 is 0 Å². The topological polar surface area (TPSA) is 105 Å². The molecule has 45 heavy (non-hydrogen) atoms. The third-order valence-corrected chi connectivity index (χ3v) is 7.54. The molecule has 0 saturated carbocycles. The molecule has 0 spiro atoms. The van der Waals surface area contributed by atoms with Gasteiger partial charge in [-0.25, -0.2) is 4.79 Å². The zero-order chi connectivity index (χ0) is 32.1. The van der Waals surface area contributed by atoms with Crippen LogP contribution in [0.1, 0.15) is 67.5 Å². The third-order valence-electron chi connectivity index (χ3n) is 7.54. The molecule has 0 aliphatic heterocycles. The van der Waals surface area contributed by atoms with Crippen LogP contribution in [0.4, 0.5) is 11.4 Å². The molecule has 7 nitrogen and oxygen atoms in total. The zero-order valence-corrected chi connectivity index (χ0v) is 25.5. The smallest absolute Gasteiger partial charge is 0.343 e. The SMILES string of the molecule is Cc1ccc(NC(=O)c2ccc(C(=O)Oc3cccc(C(C)C)c3)c(C)c2)cc1NC(=O)c1ccc(-c2ccc(O)cc2)cc1. The van der Waals surface area contributed by atoms with Crippen molar-refractivity contribution in [2.24, 2.45) is 0 Å². The molecule has 0 heterocycles. The first-order valence-electron chi connectivity index (χ1n) is 14.6. The van der Waals surface area contributed by atoms with E-state index in [0.29, 0.717) is 45.3 Å². The summed E-state index contributed by atoms with van der Waals surface area (Å²) in [4.78, 5) is 39.0. The highest BCUT2D eigenvalue weighted by molar-refractivity contribution is 6.07. The molecule has 0 aromatic heterocycles. The maximum atomic E-state index is 13.1. The van der Waals surface area contributed by atoms with Crippen molar-refractivity contribution in [3.8, 4) is 22.6 Å². The van der Waals surface area contributed by atoms with Crippen molar-refractivity contribution in [1.29, 1.82) is 0 Å². The molecule has 5 aromatic carbocycles. The Bertz CT molecular complexity index is 1880. The molecule has 3 N–H and O–H groups in total. The van der Waals surface area contributed by atoms with Gasteiger partial charge in [0.05, 0.1) is 5.56 Å². The molecule has 0 unspecified atom stereocenters. The van der Waals surface area contributed by atoms with Gasteiger partial charge in [0.15, 0.2) is 0 Å². The predicted molar refractivity (Wildman–Crippen MR) is 177 cm³/mol. The summed E-state index contributed by atoms with van der Waals surface area (Å²) in [5.41, 5.74) is 6.67. The number of aromatic hydroxyl groups is 1. The second kappa shape index (κ2) is 13.3. The van der Waals surface area contributed by atoms with Gasteiger partial charge in [0, 0.05) is 22.5 Å². The molecule has 0 fully saturated rings. The van der Waals surface area contributed by atoms with Gasteiger partial charge in [-0.1, -0.05) is 56.3 Å². The Labute approximate surface area is 262 Å². The number of ether oxygens (including phenoxy) is 1. The average molecular weight is 599 g/mol.